The van der Waals surface area contributed by atoms with Crippen LogP contribution in [0.2, 0.25) is 0 Å². The molecule has 1 aliphatic heterocycles. The Labute approximate surface area is 142 Å². The minimum absolute atomic E-state index is 0.0137. The summed E-state index contributed by atoms with van der Waals surface area (Å²) >= 11 is 5.20. The zero-order valence-corrected chi connectivity index (χ0v) is 14.7. The molecule has 1 N–H and O–H groups in total. The summed E-state index contributed by atoms with van der Waals surface area (Å²) in [6.45, 7) is 2.90. The fraction of sp³-hybridized carbons (Fsp3) is 0.353. The highest BCUT2D eigenvalue weighted by atomic mass is 79.9. The van der Waals surface area contributed by atoms with Gasteiger partial charge in [-0.15, -0.1) is 11.3 Å². The van der Waals surface area contributed by atoms with Gasteiger partial charge < -0.3 is 5.11 Å². The average Bonchev–Trinajstić information content (AvgIpc) is 3.09. The molecule has 2 heterocycles. The van der Waals surface area contributed by atoms with E-state index in [1.165, 1.54) is 16.0 Å². The molecule has 1 aromatic carbocycles. The molecule has 2 unspecified atom stereocenters. The van der Waals surface area contributed by atoms with E-state index in [0.717, 1.165) is 23.2 Å². The predicted molar refractivity (Wildman–Crippen MR) is 92.4 cm³/mol. The summed E-state index contributed by atoms with van der Waals surface area (Å²) in [5, 5.41) is 9.54. The van der Waals surface area contributed by atoms with Crippen molar-refractivity contribution >= 4 is 33.2 Å². The Bertz CT molecular complexity index is 685. The molecule has 0 spiro atoms. The highest BCUT2D eigenvalue weighted by Gasteiger charge is 2.37. The number of halogens is 1. The van der Waals surface area contributed by atoms with Crippen LogP contribution >= 0.6 is 27.3 Å². The fourth-order valence-electron chi connectivity index (χ4n) is 3.20. The lowest BCUT2D eigenvalue weighted by molar-refractivity contribution is -0.142. The van der Waals surface area contributed by atoms with Crippen LogP contribution in [0.25, 0.3) is 0 Å². The number of likely N-dealkylation sites (tertiary alicyclic amines) is 1. The van der Waals surface area contributed by atoms with E-state index < -0.39 is 12.0 Å². The molecule has 1 fully saturated rings. The summed E-state index contributed by atoms with van der Waals surface area (Å²) in [6.07, 6.45) is 1.66. The normalized spacial score (nSPS) is 20.2. The maximum Gasteiger partial charge on any atom is 0.320 e. The van der Waals surface area contributed by atoms with E-state index in [1.54, 1.807) is 11.3 Å². The third-order valence-corrected chi connectivity index (χ3v) is 5.81. The van der Waals surface area contributed by atoms with E-state index >= 15 is 0 Å². The molecule has 1 aromatic heterocycles. The first-order chi connectivity index (χ1) is 10.6. The molecule has 0 amide bonds. The number of hydrogen-bond acceptors (Lipinski definition) is 3. The summed E-state index contributed by atoms with van der Waals surface area (Å²) < 4.78 is 1.08. The first-order valence-electron chi connectivity index (χ1n) is 7.36. The van der Waals surface area contributed by atoms with E-state index in [2.05, 4.69) is 52.0 Å². The van der Waals surface area contributed by atoms with Crippen molar-refractivity contribution in [3.8, 4) is 0 Å². The lowest BCUT2D eigenvalue weighted by atomic mass is 10.0. The summed E-state index contributed by atoms with van der Waals surface area (Å²) in [7, 11) is 0. The molecule has 2 aromatic rings. The number of hydrogen-bond donors (Lipinski definition) is 1. The van der Waals surface area contributed by atoms with Crippen molar-refractivity contribution in [2.75, 3.05) is 6.54 Å². The lowest BCUT2D eigenvalue weighted by Crippen LogP contribution is -2.39. The fourth-order valence-corrected chi connectivity index (χ4v) is 4.77. The first kappa shape index (κ1) is 15.7. The number of nitrogens with zero attached hydrogens (tertiary/aromatic N) is 1. The number of carbonyl (C=O) groups is 1. The maximum absolute atomic E-state index is 11.6. The van der Waals surface area contributed by atoms with Gasteiger partial charge in [-0.05, 0) is 53.4 Å². The Kier molecular flexibility index (Phi) is 4.66. The molecule has 1 saturated heterocycles. The van der Waals surface area contributed by atoms with Crippen molar-refractivity contribution < 1.29 is 9.90 Å². The number of carboxylic acid groups (broad SMARTS) is 1. The van der Waals surface area contributed by atoms with Crippen LogP contribution in [0, 0.1) is 6.92 Å². The number of thiophene rings is 1. The van der Waals surface area contributed by atoms with Crippen molar-refractivity contribution in [1.29, 1.82) is 0 Å². The predicted octanol–water partition coefficient (Wildman–Crippen LogP) is 4.46. The van der Waals surface area contributed by atoms with Gasteiger partial charge in [0, 0.05) is 11.4 Å². The van der Waals surface area contributed by atoms with E-state index in [4.69, 9.17) is 0 Å². The molecule has 22 heavy (non-hydrogen) atoms. The van der Waals surface area contributed by atoms with Crippen LogP contribution in [0.3, 0.4) is 0 Å². The molecule has 3 rings (SSSR count). The summed E-state index contributed by atoms with van der Waals surface area (Å²) in [4.78, 5) is 14.9. The van der Waals surface area contributed by atoms with Gasteiger partial charge in [0.1, 0.15) is 6.04 Å². The van der Waals surface area contributed by atoms with Crippen molar-refractivity contribution in [2.24, 2.45) is 0 Å². The topological polar surface area (TPSA) is 40.5 Å². The quantitative estimate of drug-likeness (QED) is 0.852. The van der Waals surface area contributed by atoms with Crippen LogP contribution in [0.15, 0.2) is 40.2 Å². The monoisotopic (exact) mass is 379 g/mol. The van der Waals surface area contributed by atoms with E-state index in [0.29, 0.717) is 0 Å². The van der Waals surface area contributed by atoms with Gasteiger partial charge in [0.15, 0.2) is 0 Å². The highest BCUT2D eigenvalue weighted by molar-refractivity contribution is 9.11. The first-order valence-corrected chi connectivity index (χ1v) is 8.97. The standard InChI is InChI=1S/C17H18BrNO2S/c1-11-4-2-5-12(10-11)16(14-7-8-15(18)22-14)19-9-3-6-13(19)17(20)21/h2,4-5,7-8,10,13,16H,3,6,9H2,1H3,(H,20,21). The minimum Gasteiger partial charge on any atom is -0.480 e. The van der Waals surface area contributed by atoms with Crippen molar-refractivity contribution in [3.63, 3.8) is 0 Å². The van der Waals surface area contributed by atoms with Gasteiger partial charge in [-0.1, -0.05) is 29.8 Å². The number of aliphatic carboxylic acids is 1. The van der Waals surface area contributed by atoms with Crippen LogP contribution in [-0.2, 0) is 4.79 Å². The summed E-state index contributed by atoms with van der Waals surface area (Å²) in [5.41, 5.74) is 2.37. The van der Waals surface area contributed by atoms with E-state index in [-0.39, 0.29) is 6.04 Å². The second-order valence-electron chi connectivity index (χ2n) is 5.69. The van der Waals surface area contributed by atoms with Crippen molar-refractivity contribution in [2.45, 2.75) is 31.8 Å². The molecule has 0 aliphatic carbocycles. The van der Waals surface area contributed by atoms with E-state index in [9.17, 15) is 9.90 Å². The van der Waals surface area contributed by atoms with Crippen LogP contribution in [0.5, 0.6) is 0 Å². The summed E-state index contributed by atoms with van der Waals surface area (Å²) in [6, 6.07) is 12.1. The van der Waals surface area contributed by atoms with Crippen LogP contribution < -0.4 is 0 Å². The van der Waals surface area contributed by atoms with Gasteiger partial charge in [0.2, 0.25) is 0 Å². The zero-order valence-electron chi connectivity index (χ0n) is 12.3. The smallest absolute Gasteiger partial charge is 0.320 e. The second kappa shape index (κ2) is 6.52. The molecule has 5 heteroatoms. The van der Waals surface area contributed by atoms with Crippen LogP contribution in [0.4, 0.5) is 0 Å². The van der Waals surface area contributed by atoms with Crippen LogP contribution in [-0.4, -0.2) is 28.6 Å². The zero-order chi connectivity index (χ0) is 15.7. The minimum atomic E-state index is -0.717. The third-order valence-electron chi connectivity index (χ3n) is 4.13. The van der Waals surface area contributed by atoms with Crippen molar-refractivity contribution in [1.82, 2.24) is 4.90 Å². The molecule has 1 aliphatic rings. The van der Waals surface area contributed by atoms with Crippen molar-refractivity contribution in [3.05, 3.63) is 56.2 Å². The molecular formula is C17H18BrNO2S. The van der Waals surface area contributed by atoms with E-state index in [1.807, 2.05) is 12.1 Å². The highest BCUT2D eigenvalue weighted by Crippen LogP contribution is 2.39. The Morgan fingerprint density at radius 3 is 2.86 bits per heavy atom. The Hall–Kier alpha value is -1.17. The van der Waals surface area contributed by atoms with Gasteiger partial charge in [-0.3, -0.25) is 9.69 Å². The summed E-state index contributed by atoms with van der Waals surface area (Å²) in [5.74, 6) is -0.717. The molecule has 0 bridgehead atoms. The van der Waals surface area contributed by atoms with Gasteiger partial charge in [-0.2, -0.15) is 0 Å². The molecule has 116 valence electrons. The maximum atomic E-state index is 11.6. The van der Waals surface area contributed by atoms with Gasteiger partial charge in [-0.25, -0.2) is 0 Å². The van der Waals surface area contributed by atoms with Gasteiger partial charge >= 0.3 is 5.97 Å². The number of carboxylic acids is 1. The Balaban J connectivity index is 2.05. The SMILES string of the molecule is Cc1cccc(C(c2ccc(Br)s2)N2CCCC2C(=O)O)c1. The molecular weight excluding hydrogens is 362 g/mol. The number of benzene rings is 1. The third kappa shape index (κ3) is 3.12. The number of aryl methyl sites for hydroxylation is 1. The lowest BCUT2D eigenvalue weighted by Gasteiger charge is -2.31. The Morgan fingerprint density at radius 2 is 2.23 bits per heavy atom. The Morgan fingerprint density at radius 1 is 1.41 bits per heavy atom. The molecule has 2 atom stereocenters. The van der Waals surface area contributed by atoms with Gasteiger partial charge in [0.05, 0.1) is 9.83 Å². The molecule has 0 radical (unpaired) electrons. The second-order valence-corrected chi connectivity index (χ2v) is 8.19. The van der Waals surface area contributed by atoms with Crippen LogP contribution in [0.1, 0.15) is 34.9 Å². The van der Waals surface area contributed by atoms with Gasteiger partial charge in [0.25, 0.3) is 0 Å². The number of rotatable bonds is 4. The average molecular weight is 380 g/mol. The molecule has 0 saturated carbocycles. The largest absolute Gasteiger partial charge is 0.480 e. The molecule has 3 nitrogen and oxygen atoms in total.